The monoisotopic (exact) mass is 506 g/mol. The van der Waals surface area contributed by atoms with Gasteiger partial charge >= 0.3 is 5.97 Å². The predicted octanol–water partition coefficient (Wildman–Crippen LogP) is 1.37. The Balaban J connectivity index is 0.00000392. The van der Waals surface area contributed by atoms with Crippen LogP contribution in [0.5, 0.6) is 0 Å². The molecule has 1 aliphatic rings. The summed E-state index contributed by atoms with van der Waals surface area (Å²) in [4.78, 5) is 31.9. The van der Waals surface area contributed by atoms with Crippen LogP contribution in [0.4, 0.5) is 0 Å². The lowest BCUT2D eigenvalue weighted by Gasteiger charge is -2.35. The van der Waals surface area contributed by atoms with Crippen molar-refractivity contribution in [1.82, 2.24) is 24.9 Å². The van der Waals surface area contributed by atoms with Gasteiger partial charge in [0.2, 0.25) is 5.91 Å². The summed E-state index contributed by atoms with van der Waals surface area (Å²) in [6.07, 6.45) is 5.24. The highest BCUT2D eigenvalue weighted by Crippen LogP contribution is 2.21. The number of aliphatic imine (C=N–C) groups is 1. The highest BCUT2D eigenvalue weighted by Gasteiger charge is 2.25. The first-order valence-corrected chi connectivity index (χ1v) is 9.40. The fraction of sp³-hybridized carbons (Fsp3) is 0.667. The van der Waals surface area contributed by atoms with Gasteiger partial charge in [0.05, 0.1) is 24.4 Å². The number of carbonyl (C=O) groups excluding carboxylic acids is 2. The highest BCUT2D eigenvalue weighted by atomic mass is 127. The van der Waals surface area contributed by atoms with Crippen molar-refractivity contribution < 1.29 is 14.3 Å². The summed E-state index contributed by atoms with van der Waals surface area (Å²) in [5, 5.41) is 7.61. The van der Waals surface area contributed by atoms with E-state index in [1.165, 1.54) is 4.90 Å². The van der Waals surface area contributed by atoms with Gasteiger partial charge in [0.25, 0.3) is 0 Å². The van der Waals surface area contributed by atoms with Gasteiger partial charge in [0.15, 0.2) is 5.96 Å². The van der Waals surface area contributed by atoms with E-state index in [4.69, 9.17) is 4.74 Å². The topological polar surface area (TPSA) is 92.1 Å². The summed E-state index contributed by atoms with van der Waals surface area (Å²) < 4.78 is 6.85. The molecule has 10 heteroatoms. The number of likely N-dealkylation sites (N-methyl/N-ethyl adjacent to an activating group) is 1. The van der Waals surface area contributed by atoms with Gasteiger partial charge in [-0.2, -0.15) is 5.10 Å². The van der Waals surface area contributed by atoms with E-state index < -0.39 is 0 Å². The highest BCUT2D eigenvalue weighted by molar-refractivity contribution is 14.0. The molecule has 158 valence electrons. The van der Waals surface area contributed by atoms with Gasteiger partial charge in [-0.1, -0.05) is 0 Å². The van der Waals surface area contributed by atoms with Crippen molar-refractivity contribution in [3.05, 3.63) is 18.0 Å². The van der Waals surface area contributed by atoms with Crippen molar-refractivity contribution in [2.45, 2.75) is 32.7 Å². The molecule has 0 radical (unpaired) electrons. The fourth-order valence-electron chi connectivity index (χ4n) is 2.93. The van der Waals surface area contributed by atoms with Crippen LogP contribution in [0.15, 0.2) is 17.4 Å². The van der Waals surface area contributed by atoms with E-state index in [-0.39, 0.29) is 48.4 Å². The average Bonchev–Trinajstić information content (AvgIpc) is 3.15. The summed E-state index contributed by atoms with van der Waals surface area (Å²) in [5.41, 5.74) is 0.464. The zero-order valence-electron chi connectivity index (χ0n) is 17.1. The van der Waals surface area contributed by atoms with Gasteiger partial charge in [0.1, 0.15) is 6.54 Å². The van der Waals surface area contributed by atoms with Crippen molar-refractivity contribution in [3.8, 4) is 0 Å². The van der Waals surface area contributed by atoms with E-state index >= 15 is 0 Å². The molecule has 0 aliphatic carbocycles. The van der Waals surface area contributed by atoms with E-state index in [1.54, 1.807) is 33.4 Å². The van der Waals surface area contributed by atoms with Crippen molar-refractivity contribution in [2.75, 3.05) is 46.9 Å². The van der Waals surface area contributed by atoms with Crippen LogP contribution < -0.4 is 5.32 Å². The Morgan fingerprint density at radius 2 is 2.14 bits per heavy atom. The van der Waals surface area contributed by atoms with E-state index in [0.717, 1.165) is 31.9 Å². The van der Waals surface area contributed by atoms with E-state index in [9.17, 15) is 9.59 Å². The number of hydrogen-bond acceptors (Lipinski definition) is 5. The minimum atomic E-state index is -0.353. The lowest BCUT2D eigenvalue weighted by molar-refractivity contribution is -0.127. The van der Waals surface area contributed by atoms with Crippen molar-refractivity contribution in [2.24, 2.45) is 4.99 Å². The first-order valence-electron chi connectivity index (χ1n) is 9.40. The molecule has 1 aliphatic heterocycles. The third-order valence-electron chi connectivity index (χ3n) is 4.38. The van der Waals surface area contributed by atoms with Gasteiger partial charge in [0, 0.05) is 39.9 Å². The molecular weight excluding hydrogens is 475 g/mol. The molecule has 1 aromatic rings. The number of ether oxygens (including phenoxy) is 1. The summed E-state index contributed by atoms with van der Waals surface area (Å²) in [6, 6.07) is 0.135. The standard InChI is InChI=1S/C18H30N6O3.HI/c1-5-19-18(20-11-16(25)22(3)4)23-9-7-8-15(13-23)24-12-14(10-21-24)17(26)27-6-2;/h10,12,15H,5-9,11,13H2,1-4H3,(H,19,20);1H. The SMILES string of the molecule is CCNC(=NCC(=O)N(C)C)N1CCCC(n2cc(C(=O)OCC)cn2)C1.I. The van der Waals surface area contributed by atoms with Gasteiger partial charge < -0.3 is 19.9 Å². The summed E-state index contributed by atoms with van der Waals surface area (Å²) in [6.45, 7) is 6.55. The predicted molar refractivity (Wildman–Crippen MR) is 118 cm³/mol. The van der Waals surface area contributed by atoms with E-state index in [1.807, 2.05) is 11.6 Å². The van der Waals surface area contributed by atoms with Crippen LogP contribution in [0.3, 0.4) is 0 Å². The van der Waals surface area contributed by atoms with Crippen molar-refractivity contribution in [3.63, 3.8) is 0 Å². The molecule has 1 unspecified atom stereocenters. The number of guanidine groups is 1. The number of nitrogens with zero attached hydrogens (tertiary/aromatic N) is 5. The average molecular weight is 506 g/mol. The first kappa shape index (κ1) is 24.2. The maximum absolute atomic E-state index is 11.9. The molecule has 1 fully saturated rings. The zero-order chi connectivity index (χ0) is 19.8. The van der Waals surface area contributed by atoms with Gasteiger partial charge in [-0.3, -0.25) is 9.48 Å². The van der Waals surface area contributed by atoms with Crippen LogP contribution in [-0.2, 0) is 9.53 Å². The summed E-state index contributed by atoms with van der Waals surface area (Å²) in [5.74, 6) is 0.341. The van der Waals surface area contributed by atoms with Crippen LogP contribution in [0.2, 0.25) is 0 Å². The smallest absolute Gasteiger partial charge is 0.341 e. The lowest BCUT2D eigenvalue weighted by atomic mass is 10.1. The van der Waals surface area contributed by atoms with Crippen molar-refractivity contribution in [1.29, 1.82) is 0 Å². The van der Waals surface area contributed by atoms with E-state index in [2.05, 4.69) is 20.3 Å². The molecule has 0 saturated carbocycles. The number of carbonyl (C=O) groups is 2. The normalized spacial score (nSPS) is 16.9. The summed E-state index contributed by atoms with van der Waals surface area (Å²) >= 11 is 0. The number of rotatable bonds is 6. The van der Waals surface area contributed by atoms with Gasteiger partial charge in [-0.15, -0.1) is 24.0 Å². The third-order valence-corrected chi connectivity index (χ3v) is 4.38. The molecule has 0 spiro atoms. The Hall–Kier alpha value is -1.85. The number of likely N-dealkylation sites (tertiary alicyclic amines) is 1. The maximum Gasteiger partial charge on any atom is 0.341 e. The minimum absolute atomic E-state index is 0. The van der Waals surface area contributed by atoms with Gasteiger partial charge in [-0.25, -0.2) is 9.79 Å². The molecule has 2 heterocycles. The molecule has 0 bridgehead atoms. The van der Waals surface area contributed by atoms with Crippen LogP contribution >= 0.6 is 24.0 Å². The Kier molecular flexibility index (Phi) is 10.3. The molecule has 1 aromatic heterocycles. The Labute approximate surface area is 183 Å². The number of nitrogens with one attached hydrogen (secondary N) is 1. The first-order chi connectivity index (χ1) is 13.0. The zero-order valence-corrected chi connectivity index (χ0v) is 19.4. The Morgan fingerprint density at radius 3 is 2.79 bits per heavy atom. The maximum atomic E-state index is 11.9. The number of esters is 1. The minimum Gasteiger partial charge on any atom is -0.462 e. The van der Waals surface area contributed by atoms with Crippen LogP contribution in [0, 0.1) is 0 Å². The number of amides is 1. The molecule has 1 N–H and O–H groups in total. The number of piperidine rings is 1. The van der Waals surface area contributed by atoms with Crippen LogP contribution in [0.1, 0.15) is 43.1 Å². The molecule has 9 nitrogen and oxygen atoms in total. The molecule has 0 aromatic carbocycles. The van der Waals surface area contributed by atoms with Crippen LogP contribution in [0.25, 0.3) is 0 Å². The second-order valence-electron chi connectivity index (χ2n) is 6.63. The largest absolute Gasteiger partial charge is 0.462 e. The molecule has 2 rings (SSSR count). The molecule has 1 amide bonds. The quantitative estimate of drug-likeness (QED) is 0.271. The molecule has 1 atom stereocenters. The Bertz CT molecular complexity index is 676. The Morgan fingerprint density at radius 1 is 1.39 bits per heavy atom. The third kappa shape index (κ3) is 6.64. The fourth-order valence-corrected chi connectivity index (χ4v) is 2.93. The second-order valence-corrected chi connectivity index (χ2v) is 6.63. The van der Waals surface area contributed by atoms with Gasteiger partial charge in [-0.05, 0) is 26.7 Å². The lowest BCUT2D eigenvalue weighted by Crippen LogP contribution is -2.47. The molecule has 28 heavy (non-hydrogen) atoms. The second kappa shape index (κ2) is 11.9. The van der Waals surface area contributed by atoms with Crippen LogP contribution in [-0.4, -0.2) is 84.3 Å². The molecule has 1 saturated heterocycles. The number of aromatic nitrogens is 2. The molecular formula is C18H31IN6O3. The number of hydrogen-bond donors (Lipinski definition) is 1. The number of halogens is 1. The van der Waals surface area contributed by atoms with Crippen molar-refractivity contribution >= 4 is 41.8 Å². The summed E-state index contributed by atoms with van der Waals surface area (Å²) in [7, 11) is 3.45. The van der Waals surface area contributed by atoms with E-state index in [0.29, 0.717) is 18.7 Å².